The van der Waals surface area contributed by atoms with Gasteiger partial charge in [0.1, 0.15) is 5.65 Å². The Labute approximate surface area is 165 Å². The number of aryl methyl sites for hydroxylation is 1. The van der Waals surface area contributed by atoms with Gasteiger partial charge in [-0.3, -0.25) is 14.1 Å². The lowest BCUT2D eigenvalue weighted by Gasteiger charge is -2.22. The maximum absolute atomic E-state index is 12.4. The van der Waals surface area contributed by atoms with Crippen molar-refractivity contribution < 1.29 is 9.47 Å². The molecule has 6 heteroatoms. The molecule has 0 aliphatic heterocycles. The molecule has 0 bridgehead atoms. The van der Waals surface area contributed by atoms with Gasteiger partial charge in [0.2, 0.25) is 0 Å². The Bertz CT molecular complexity index is 1010. The quantitative estimate of drug-likeness (QED) is 0.598. The number of ether oxygens (including phenoxy) is 2. The van der Waals surface area contributed by atoms with Gasteiger partial charge in [0.05, 0.1) is 19.9 Å². The van der Waals surface area contributed by atoms with Crippen molar-refractivity contribution in [1.82, 2.24) is 14.3 Å². The highest BCUT2D eigenvalue weighted by molar-refractivity contribution is 5.43. The van der Waals surface area contributed by atoms with Crippen molar-refractivity contribution >= 4 is 5.65 Å². The third kappa shape index (κ3) is 4.51. The Kier molecular flexibility index (Phi) is 6.31. The maximum atomic E-state index is 12.4. The highest BCUT2D eigenvalue weighted by atomic mass is 16.5. The first-order valence-electron chi connectivity index (χ1n) is 9.46. The topological polar surface area (TPSA) is 56.1 Å². The third-order valence-corrected chi connectivity index (χ3v) is 4.66. The number of methoxy groups -OCH3 is 2. The van der Waals surface area contributed by atoms with Gasteiger partial charge in [-0.1, -0.05) is 13.0 Å². The predicted octanol–water partition coefficient (Wildman–Crippen LogP) is 3.43. The van der Waals surface area contributed by atoms with Crippen LogP contribution in [-0.4, -0.2) is 35.0 Å². The van der Waals surface area contributed by atoms with Crippen LogP contribution in [0.5, 0.6) is 11.5 Å². The molecule has 0 radical (unpaired) electrons. The molecule has 0 aliphatic rings. The van der Waals surface area contributed by atoms with Gasteiger partial charge in [0.15, 0.2) is 11.5 Å². The first-order valence-corrected chi connectivity index (χ1v) is 9.46. The number of hydrogen-bond acceptors (Lipinski definition) is 5. The molecule has 0 N–H and O–H groups in total. The Balaban J connectivity index is 1.85. The van der Waals surface area contributed by atoms with E-state index in [1.165, 1.54) is 0 Å². The van der Waals surface area contributed by atoms with Crippen molar-refractivity contribution in [3.63, 3.8) is 0 Å². The summed E-state index contributed by atoms with van der Waals surface area (Å²) in [4.78, 5) is 19.4. The average Bonchev–Trinajstić information content (AvgIpc) is 2.67. The van der Waals surface area contributed by atoms with Crippen LogP contribution < -0.4 is 15.0 Å². The maximum Gasteiger partial charge on any atom is 0.258 e. The number of hydrogen-bond donors (Lipinski definition) is 0. The van der Waals surface area contributed by atoms with Crippen LogP contribution in [-0.2, 0) is 13.1 Å². The lowest BCUT2D eigenvalue weighted by atomic mass is 10.1. The van der Waals surface area contributed by atoms with Crippen molar-refractivity contribution in [1.29, 1.82) is 0 Å². The molecule has 0 saturated carbocycles. The molecule has 148 valence electrons. The molecule has 0 saturated heterocycles. The van der Waals surface area contributed by atoms with E-state index in [1.54, 1.807) is 30.9 Å². The number of pyridine rings is 1. The van der Waals surface area contributed by atoms with Crippen molar-refractivity contribution in [2.24, 2.45) is 0 Å². The number of aromatic nitrogens is 2. The normalized spacial score (nSPS) is 11.2. The van der Waals surface area contributed by atoms with E-state index >= 15 is 0 Å². The molecule has 0 unspecified atom stereocenters. The smallest absolute Gasteiger partial charge is 0.258 e. The fourth-order valence-corrected chi connectivity index (χ4v) is 3.33. The Hall–Kier alpha value is -2.86. The molecule has 0 aliphatic carbocycles. The largest absolute Gasteiger partial charge is 0.493 e. The fourth-order valence-electron chi connectivity index (χ4n) is 3.33. The van der Waals surface area contributed by atoms with Gasteiger partial charge < -0.3 is 9.47 Å². The summed E-state index contributed by atoms with van der Waals surface area (Å²) in [6.45, 7) is 6.40. The molecule has 3 aromatic rings. The standard InChI is InChI=1S/C22H27N3O3/c1-5-9-24(14-17-6-7-19(27-3)20(12-17)28-4)15-18-13-22(26)25-10-8-16(2)11-21(25)23-18/h6-8,10-13H,5,9,14-15H2,1-4H3. The highest BCUT2D eigenvalue weighted by Gasteiger charge is 2.12. The van der Waals surface area contributed by atoms with Crippen molar-refractivity contribution in [2.45, 2.75) is 33.4 Å². The summed E-state index contributed by atoms with van der Waals surface area (Å²) in [5.41, 5.74) is 3.62. The molecule has 0 spiro atoms. The minimum absolute atomic E-state index is 0.0532. The van der Waals surface area contributed by atoms with Crippen molar-refractivity contribution in [2.75, 3.05) is 20.8 Å². The first-order chi connectivity index (χ1) is 13.5. The van der Waals surface area contributed by atoms with Crippen LogP contribution >= 0.6 is 0 Å². The van der Waals surface area contributed by atoms with E-state index in [-0.39, 0.29) is 5.56 Å². The van der Waals surface area contributed by atoms with Gasteiger partial charge in [0, 0.05) is 25.4 Å². The minimum atomic E-state index is -0.0532. The van der Waals surface area contributed by atoms with Crippen molar-refractivity contribution in [3.05, 3.63) is 69.8 Å². The summed E-state index contributed by atoms with van der Waals surface area (Å²) < 4.78 is 12.3. The number of fused-ring (bicyclic) bond motifs is 1. The molecule has 28 heavy (non-hydrogen) atoms. The second kappa shape index (κ2) is 8.89. The monoisotopic (exact) mass is 381 g/mol. The number of nitrogens with zero attached hydrogens (tertiary/aromatic N) is 3. The lowest BCUT2D eigenvalue weighted by Crippen LogP contribution is -2.26. The second-order valence-corrected chi connectivity index (χ2v) is 6.92. The SMILES string of the molecule is CCCN(Cc1ccc(OC)c(OC)c1)Cc1cc(=O)n2ccc(C)cc2n1. The van der Waals surface area contributed by atoms with E-state index in [2.05, 4.69) is 11.8 Å². The van der Waals surface area contributed by atoms with E-state index in [0.717, 1.165) is 36.3 Å². The van der Waals surface area contributed by atoms with E-state index in [1.807, 2.05) is 37.3 Å². The number of rotatable bonds is 8. The fraction of sp³-hybridized carbons (Fsp3) is 0.364. The average molecular weight is 381 g/mol. The molecular weight excluding hydrogens is 354 g/mol. The first kappa shape index (κ1) is 19.9. The van der Waals surface area contributed by atoms with E-state index in [0.29, 0.717) is 23.7 Å². The van der Waals surface area contributed by atoms with Gasteiger partial charge in [-0.15, -0.1) is 0 Å². The Morgan fingerprint density at radius 1 is 1.04 bits per heavy atom. The summed E-state index contributed by atoms with van der Waals surface area (Å²) >= 11 is 0. The van der Waals surface area contributed by atoms with Gasteiger partial charge in [-0.05, 0) is 55.3 Å². The molecule has 0 fully saturated rings. The summed E-state index contributed by atoms with van der Waals surface area (Å²) in [6.07, 6.45) is 2.79. The summed E-state index contributed by atoms with van der Waals surface area (Å²) in [5, 5.41) is 0. The molecule has 0 amide bonds. The van der Waals surface area contributed by atoms with Crippen LogP contribution in [0.2, 0.25) is 0 Å². The number of benzene rings is 1. The van der Waals surface area contributed by atoms with Crippen LogP contribution in [0.3, 0.4) is 0 Å². The summed E-state index contributed by atoms with van der Waals surface area (Å²) in [7, 11) is 3.27. The highest BCUT2D eigenvalue weighted by Crippen LogP contribution is 2.28. The van der Waals surface area contributed by atoms with E-state index in [9.17, 15) is 4.79 Å². The third-order valence-electron chi connectivity index (χ3n) is 4.66. The van der Waals surface area contributed by atoms with Crippen LogP contribution in [0.25, 0.3) is 5.65 Å². The predicted molar refractivity (Wildman–Crippen MR) is 110 cm³/mol. The van der Waals surface area contributed by atoms with Crippen LogP contribution in [0.15, 0.2) is 47.4 Å². The van der Waals surface area contributed by atoms with Crippen LogP contribution in [0, 0.1) is 6.92 Å². The van der Waals surface area contributed by atoms with E-state index in [4.69, 9.17) is 14.5 Å². The molecule has 2 heterocycles. The summed E-state index contributed by atoms with van der Waals surface area (Å²) in [5.74, 6) is 1.43. The van der Waals surface area contributed by atoms with Gasteiger partial charge >= 0.3 is 0 Å². The molecular formula is C22H27N3O3. The second-order valence-electron chi connectivity index (χ2n) is 6.92. The minimum Gasteiger partial charge on any atom is -0.493 e. The van der Waals surface area contributed by atoms with Crippen molar-refractivity contribution in [3.8, 4) is 11.5 Å². The zero-order chi connectivity index (χ0) is 20.1. The molecule has 0 atom stereocenters. The molecule has 3 rings (SSSR count). The zero-order valence-corrected chi connectivity index (χ0v) is 16.9. The zero-order valence-electron chi connectivity index (χ0n) is 16.9. The van der Waals surface area contributed by atoms with Gasteiger partial charge in [-0.2, -0.15) is 0 Å². The van der Waals surface area contributed by atoms with Crippen LogP contribution in [0.4, 0.5) is 0 Å². The van der Waals surface area contributed by atoms with Crippen LogP contribution in [0.1, 0.15) is 30.2 Å². The van der Waals surface area contributed by atoms with Gasteiger partial charge in [-0.25, -0.2) is 4.98 Å². The summed E-state index contributed by atoms with van der Waals surface area (Å²) in [6, 6.07) is 11.4. The van der Waals surface area contributed by atoms with E-state index < -0.39 is 0 Å². The Morgan fingerprint density at radius 3 is 2.54 bits per heavy atom. The van der Waals surface area contributed by atoms with Gasteiger partial charge in [0.25, 0.3) is 5.56 Å². The Morgan fingerprint density at radius 2 is 1.82 bits per heavy atom. The molecule has 2 aromatic heterocycles. The molecule has 6 nitrogen and oxygen atoms in total. The lowest BCUT2D eigenvalue weighted by molar-refractivity contribution is 0.253. The molecule has 1 aromatic carbocycles.